The number of aryl methyl sites for hydroxylation is 1. The molecule has 0 saturated heterocycles. The smallest absolute Gasteiger partial charge is 0.253 e. The third-order valence-electron chi connectivity index (χ3n) is 2.65. The zero-order valence-corrected chi connectivity index (χ0v) is 12.5. The first-order valence-electron chi connectivity index (χ1n) is 6.86. The molecular weight excluding hydrogens is 254 g/mol. The number of nitrogens with one attached hydrogen (secondary N) is 3. The highest BCUT2D eigenvalue weighted by Crippen LogP contribution is 2.17. The second-order valence-electron chi connectivity index (χ2n) is 4.98. The number of anilines is 1. The summed E-state index contributed by atoms with van der Waals surface area (Å²) in [5.41, 5.74) is 2.42. The first-order valence-corrected chi connectivity index (χ1v) is 6.86. The van der Waals surface area contributed by atoms with Gasteiger partial charge in [-0.1, -0.05) is 6.07 Å². The van der Waals surface area contributed by atoms with Gasteiger partial charge in [-0.25, -0.2) is 0 Å². The summed E-state index contributed by atoms with van der Waals surface area (Å²) in [6.07, 6.45) is 0. The van der Waals surface area contributed by atoms with Crippen molar-refractivity contribution in [2.75, 3.05) is 18.4 Å². The van der Waals surface area contributed by atoms with Crippen molar-refractivity contribution in [2.45, 2.75) is 33.7 Å². The summed E-state index contributed by atoms with van der Waals surface area (Å²) >= 11 is 0. The number of hydrogen-bond acceptors (Lipinski definition) is 3. The molecule has 1 rings (SSSR count). The lowest BCUT2D eigenvalue weighted by molar-refractivity contribution is -0.120. The lowest BCUT2D eigenvalue weighted by Gasteiger charge is -2.13. The molecule has 110 valence electrons. The third-order valence-corrected chi connectivity index (χ3v) is 2.65. The average Bonchev–Trinajstić information content (AvgIpc) is 2.36. The van der Waals surface area contributed by atoms with Crippen LogP contribution < -0.4 is 16.0 Å². The van der Waals surface area contributed by atoms with Crippen molar-refractivity contribution in [1.82, 2.24) is 10.6 Å². The molecule has 0 radical (unpaired) electrons. The molecule has 5 nitrogen and oxygen atoms in total. The SMILES string of the molecule is CCNc1cc(C)ccc1C(=O)NCC(=O)NC(C)C. The highest BCUT2D eigenvalue weighted by molar-refractivity contribution is 6.01. The van der Waals surface area contributed by atoms with Gasteiger partial charge in [-0.15, -0.1) is 0 Å². The fourth-order valence-electron chi connectivity index (χ4n) is 1.82. The van der Waals surface area contributed by atoms with E-state index in [0.29, 0.717) is 5.56 Å². The second kappa shape index (κ2) is 7.53. The zero-order chi connectivity index (χ0) is 15.1. The van der Waals surface area contributed by atoms with Crippen LogP contribution in [-0.4, -0.2) is 30.9 Å². The molecule has 2 amide bonds. The molecular formula is C15H23N3O2. The third kappa shape index (κ3) is 4.91. The van der Waals surface area contributed by atoms with Gasteiger partial charge in [0.25, 0.3) is 5.91 Å². The summed E-state index contributed by atoms with van der Waals surface area (Å²) in [5.74, 6) is -0.440. The summed E-state index contributed by atoms with van der Waals surface area (Å²) in [6, 6.07) is 5.63. The summed E-state index contributed by atoms with van der Waals surface area (Å²) in [6.45, 7) is 8.42. The predicted molar refractivity (Wildman–Crippen MR) is 81.0 cm³/mol. The summed E-state index contributed by atoms with van der Waals surface area (Å²) in [4.78, 5) is 23.6. The molecule has 0 unspecified atom stereocenters. The molecule has 0 aliphatic rings. The Morgan fingerprint density at radius 1 is 1.25 bits per heavy atom. The maximum Gasteiger partial charge on any atom is 0.253 e. The van der Waals surface area contributed by atoms with E-state index in [2.05, 4.69) is 16.0 Å². The second-order valence-corrected chi connectivity index (χ2v) is 4.98. The van der Waals surface area contributed by atoms with Crippen LogP contribution in [0.4, 0.5) is 5.69 Å². The molecule has 0 aromatic heterocycles. The van der Waals surface area contributed by atoms with Crippen LogP contribution in [0, 0.1) is 6.92 Å². The summed E-state index contributed by atoms with van der Waals surface area (Å²) in [5, 5.41) is 8.52. The van der Waals surface area contributed by atoms with E-state index in [1.165, 1.54) is 0 Å². The molecule has 3 N–H and O–H groups in total. The lowest BCUT2D eigenvalue weighted by Crippen LogP contribution is -2.39. The first kappa shape index (κ1) is 16.0. The van der Waals surface area contributed by atoms with Crippen molar-refractivity contribution in [3.05, 3.63) is 29.3 Å². The van der Waals surface area contributed by atoms with Crippen molar-refractivity contribution in [3.63, 3.8) is 0 Å². The molecule has 20 heavy (non-hydrogen) atoms. The van der Waals surface area contributed by atoms with Crippen LogP contribution in [0.15, 0.2) is 18.2 Å². The van der Waals surface area contributed by atoms with E-state index in [4.69, 9.17) is 0 Å². The van der Waals surface area contributed by atoms with E-state index in [-0.39, 0.29) is 24.4 Å². The Hall–Kier alpha value is -2.04. The maximum atomic E-state index is 12.1. The minimum absolute atomic E-state index is 0.0174. The van der Waals surface area contributed by atoms with Crippen molar-refractivity contribution >= 4 is 17.5 Å². The quantitative estimate of drug-likeness (QED) is 0.741. The normalized spacial score (nSPS) is 10.2. The lowest BCUT2D eigenvalue weighted by atomic mass is 10.1. The number of carbonyl (C=O) groups is 2. The minimum Gasteiger partial charge on any atom is -0.385 e. The molecule has 0 fully saturated rings. The Bertz CT molecular complexity index is 484. The molecule has 0 aliphatic heterocycles. The summed E-state index contributed by atoms with van der Waals surface area (Å²) < 4.78 is 0. The van der Waals surface area contributed by atoms with Crippen molar-refractivity contribution < 1.29 is 9.59 Å². The van der Waals surface area contributed by atoms with Gasteiger partial charge >= 0.3 is 0 Å². The van der Waals surface area contributed by atoms with E-state index in [1.54, 1.807) is 6.07 Å². The van der Waals surface area contributed by atoms with Crippen molar-refractivity contribution in [3.8, 4) is 0 Å². The molecule has 0 spiro atoms. The number of amides is 2. The Kier molecular flexibility index (Phi) is 6.03. The largest absolute Gasteiger partial charge is 0.385 e. The van der Waals surface area contributed by atoms with E-state index >= 15 is 0 Å². The number of rotatable bonds is 6. The van der Waals surface area contributed by atoms with Crippen molar-refractivity contribution in [1.29, 1.82) is 0 Å². The predicted octanol–water partition coefficient (Wildman–Crippen LogP) is 1.68. The minimum atomic E-state index is -0.250. The van der Waals surface area contributed by atoms with Gasteiger partial charge in [-0.3, -0.25) is 9.59 Å². The average molecular weight is 277 g/mol. The number of benzene rings is 1. The van der Waals surface area contributed by atoms with E-state index in [0.717, 1.165) is 17.8 Å². The Balaban J connectivity index is 2.70. The van der Waals surface area contributed by atoms with E-state index in [1.807, 2.05) is 39.8 Å². The Morgan fingerprint density at radius 3 is 2.55 bits per heavy atom. The first-order chi connectivity index (χ1) is 9.43. The number of hydrogen-bond donors (Lipinski definition) is 3. The van der Waals surface area contributed by atoms with Crippen LogP contribution in [0.25, 0.3) is 0 Å². The van der Waals surface area contributed by atoms with Gasteiger partial charge in [-0.2, -0.15) is 0 Å². The summed E-state index contributed by atoms with van der Waals surface area (Å²) in [7, 11) is 0. The van der Waals surface area contributed by atoms with Gasteiger partial charge in [0.05, 0.1) is 12.1 Å². The van der Waals surface area contributed by atoms with Gasteiger partial charge in [0.2, 0.25) is 5.91 Å². The monoisotopic (exact) mass is 277 g/mol. The van der Waals surface area contributed by atoms with Gasteiger partial charge in [0.15, 0.2) is 0 Å². The molecule has 0 atom stereocenters. The van der Waals surface area contributed by atoms with Crippen LogP contribution in [-0.2, 0) is 4.79 Å². The Morgan fingerprint density at radius 2 is 1.95 bits per heavy atom. The van der Waals surface area contributed by atoms with E-state index < -0.39 is 0 Å². The molecule has 0 aliphatic carbocycles. The van der Waals surface area contributed by atoms with Crippen molar-refractivity contribution in [2.24, 2.45) is 0 Å². The van der Waals surface area contributed by atoms with Crippen LogP contribution in [0.1, 0.15) is 36.7 Å². The molecule has 5 heteroatoms. The highest BCUT2D eigenvalue weighted by atomic mass is 16.2. The fraction of sp³-hybridized carbons (Fsp3) is 0.467. The highest BCUT2D eigenvalue weighted by Gasteiger charge is 2.12. The van der Waals surface area contributed by atoms with Crippen LogP contribution in [0.5, 0.6) is 0 Å². The standard InChI is InChI=1S/C15H23N3O2/c1-5-16-13-8-11(4)6-7-12(13)15(20)17-9-14(19)18-10(2)3/h6-8,10,16H,5,9H2,1-4H3,(H,17,20)(H,18,19). The van der Waals surface area contributed by atoms with Gasteiger partial charge in [-0.05, 0) is 45.4 Å². The van der Waals surface area contributed by atoms with E-state index in [9.17, 15) is 9.59 Å². The van der Waals surface area contributed by atoms with Gasteiger partial charge < -0.3 is 16.0 Å². The molecule has 0 heterocycles. The molecule has 0 bridgehead atoms. The molecule has 1 aromatic rings. The number of carbonyl (C=O) groups excluding carboxylic acids is 2. The topological polar surface area (TPSA) is 70.2 Å². The zero-order valence-electron chi connectivity index (χ0n) is 12.5. The Labute approximate surface area is 120 Å². The van der Waals surface area contributed by atoms with Crippen LogP contribution >= 0.6 is 0 Å². The molecule has 0 saturated carbocycles. The van der Waals surface area contributed by atoms with Crippen LogP contribution in [0.3, 0.4) is 0 Å². The maximum absolute atomic E-state index is 12.1. The fourth-order valence-corrected chi connectivity index (χ4v) is 1.82. The molecule has 1 aromatic carbocycles. The van der Waals surface area contributed by atoms with Crippen LogP contribution in [0.2, 0.25) is 0 Å². The van der Waals surface area contributed by atoms with Gasteiger partial charge in [0.1, 0.15) is 0 Å². The van der Waals surface area contributed by atoms with Gasteiger partial charge in [0, 0.05) is 18.3 Å².